The van der Waals surface area contributed by atoms with Gasteiger partial charge in [0, 0.05) is 0 Å². The lowest BCUT2D eigenvalue weighted by Crippen LogP contribution is -2.21. The molecule has 1 amide bonds. The Kier molecular flexibility index (Phi) is 10.5. The molecule has 0 fully saturated rings. The number of hydrazone groups is 1. The number of ether oxygens (including phenoxy) is 2. The minimum atomic E-state index is -0.334. The molecule has 0 aliphatic rings. The molecule has 0 saturated carbocycles. The molecule has 0 saturated heterocycles. The molecule has 8 heteroatoms. The van der Waals surface area contributed by atoms with Crippen molar-refractivity contribution >= 4 is 29.3 Å². The van der Waals surface area contributed by atoms with E-state index in [0.717, 1.165) is 18.3 Å². The Hall–Kier alpha value is -3.39. The molecule has 2 aromatic carbocycles. The molecule has 0 atom stereocenters. The fourth-order valence-corrected chi connectivity index (χ4v) is 2.32. The number of amides is 1. The molecule has 0 unspecified atom stereocenters. The topological polar surface area (TPSA) is 115 Å². The van der Waals surface area contributed by atoms with Crippen LogP contribution in [-0.2, 0) is 16.0 Å². The summed E-state index contributed by atoms with van der Waals surface area (Å²) in [6.07, 6.45) is 1.50. The number of carbonyl (C=O) groups is 2. The lowest BCUT2D eigenvalue weighted by molar-refractivity contribution is -0.110. The largest absolute Gasteiger partial charge is 0.495 e. The Balaban J connectivity index is 0.00000132. The van der Waals surface area contributed by atoms with Gasteiger partial charge in [-0.05, 0) is 56.6 Å². The van der Waals surface area contributed by atoms with Gasteiger partial charge in [0.05, 0.1) is 25.6 Å². The highest BCUT2D eigenvalue weighted by atomic mass is 16.5. The second-order valence-electron chi connectivity index (χ2n) is 5.77. The van der Waals surface area contributed by atoms with Crippen molar-refractivity contribution < 1.29 is 19.1 Å². The van der Waals surface area contributed by atoms with E-state index in [1.54, 1.807) is 33.3 Å². The predicted octanol–water partition coefficient (Wildman–Crippen LogP) is 2.84. The highest BCUT2D eigenvalue weighted by Crippen LogP contribution is 2.26. The molecule has 0 aliphatic heterocycles. The summed E-state index contributed by atoms with van der Waals surface area (Å²) in [5.74, 6) is 0.879. The molecule has 0 radical (unpaired) electrons. The third kappa shape index (κ3) is 7.63. The summed E-state index contributed by atoms with van der Waals surface area (Å²) in [4.78, 5) is 21.1. The first-order chi connectivity index (χ1) is 14.0. The van der Waals surface area contributed by atoms with E-state index in [-0.39, 0.29) is 11.6 Å². The molecule has 29 heavy (non-hydrogen) atoms. The van der Waals surface area contributed by atoms with Crippen LogP contribution in [0.25, 0.3) is 0 Å². The number of nitrogens with one attached hydrogen (secondary N) is 2. The summed E-state index contributed by atoms with van der Waals surface area (Å²) in [6.45, 7) is 3.61. The maximum absolute atomic E-state index is 12.3. The number of aldehydes is 1. The smallest absolute Gasteiger partial charge is 0.271 e. The van der Waals surface area contributed by atoms with E-state index in [1.165, 1.54) is 6.92 Å². The third-order valence-electron chi connectivity index (χ3n) is 3.72. The van der Waals surface area contributed by atoms with E-state index < -0.39 is 0 Å². The predicted molar refractivity (Wildman–Crippen MR) is 116 cm³/mol. The highest BCUT2D eigenvalue weighted by Gasteiger charge is 2.11. The standard InChI is InChI=1S/C19H24N4O3.C2H4O/c1-13(19(24)21-15-6-4-5-7-17(15)25-2)22-23-16-12-14(10-11-20)8-9-18(16)26-3;1-2-3/h4-9,12,23H,10-11,20H2,1-3H3,(H,21,24);2H,1H3/b22-13-;. The Labute approximate surface area is 171 Å². The SMILES string of the molecule is CC=O.COc1ccc(CCN)cc1N/N=C(/C)C(=O)Nc1ccccc1OC. The number of methoxy groups -OCH3 is 2. The van der Waals surface area contributed by atoms with Crippen LogP contribution in [0.3, 0.4) is 0 Å². The molecule has 0 bridgehead atoms. The van der Waals surface area contributed by atoms with E-state index in [0.29, 0.717) is 29.4 Å². The molecule has 0 aromatic heterocycles. The lowest BCUT2D eigenvalue weighted by Gasteiger charge is -2.11. The van der Waals surface area contributed by atoms with Crippen LogP contribution >= 0.6 is 0 Å². The van der Waals surface area contributed by atoms with Crippen molar-refractivity contribution in [2.24, 2.45) is 10.8 Å². The molecule has 0 spiro atoms. The number of hydrogen-bond acceptors (Lipinski definition) is 7. The Morgan fingerprint density at radius 3 is 2.34 bits per heavy atom. The number of benzene rings is 2. The summed E-state index contributed by atoms with van der Waals surface area (Å²) < 4.78 is 10.5. The van der Waals surface area contributed by atoms with Gasteiger partial charge in [-0.3, -0.25) is 10.2 Å². The van der Waals surface area contributed by atoms with Gasteiger partial charge < -0.3 is 25.3 Å². The first-order valence-electron chi connectivity index (χ1n) is 9.02. The minimum Gasteiger partial charge on any atom is -0.495 e. The summed E-state index contributed by atoms with van der Waals surface area (Å²) in [7, 11) is 3.13. The quantitative estimate of drug-likeness (QED) is 0.357. The molecule has 0 heterocycles. The molecule has 8 nitrogen and oxygen atoms in total. The van der Waals surface area contributed by atoms with Crippen LogP contribution in [-0.4, -0.2) is 38.7 Å². The van der Waals surface area contributed by atoms with Gasteiger partial charge in [0.1, 0.15) is 23.5 Å². The van der Waals surface area contributed by atoms with E-state index in [9.17, 15) is 4.79 Å². The maximum Gasteiger partial charge on any atom is 0.271 e. The fraction of sp³-hybridized carbons (Fsp3) is 0.286. The molecular formula is C21H28N4O4. The molecule has 4 N–H and O–H groups in total. The first-order valence-corrected chi connectivity index (χ1v) is 9.02. The van der Waals surface area contributed by atoms with Crippen LogP contribution in [0.4, 0.5) is 11.4 Å². The second-order valence-corrected chi connectivity index (χ2v) is 5.77. The van der Waals surface area contributed by atoms with E-state index in [2.05, 4.69) is 15.8 Å². The van der Waals surface area contributed by atoms with Crippen LogP contribution < -0.4 is 25.9 Å². The van der Waals surface area contributed by atoms with Crippen molar-refractivity contribution in [2.75, 3.05) is 31.5 Å². The van der Waals surface area contributed by atoms with Crippen LogP contribution in [0.5, 0.6) is 11.5 Å². The van der Waals surface area contributed by atoms with Crippen molar-refractivity contribution in [3.05, 3.63) is 48.0 Å². The first kappa shape index (κ1) is 23.6. The molecule has 0 aliphatic carbocycles. The van der Waals surface area contributed by atoms with Gasteiger partial charge >= 0.3 is 0 Å². The fourth-order valence-electron chi connectivity index (χ4n) is 2.32. The van der Waals surface area contributed by atoms with Gasteiger partial charge in [-0.15, -0.1) is 0 Å². The number of para-hydroxylation sites is 2. The number of anilines is 2. The Bertz CT molecular complexity index is 837. The van der Waals surface area contributed by atoms with Crippen molar-refractivity contribution in [2.45, 2.75) is 20.3 Å². The number of nitrogens with two attached hydrogens (primary N) is 1. The molecule has 156 valence electrons. The van der Waals surface area contributed by atoms with Crippen LogP contribution in [0.1, 0.15) is 19.4 Å². The minimum absolute atomic E-state index is 0.266. The lowest BCUT2D eigenvalue weighted by atomic mass is 10.1. The second kappa shape index (κ2) is 12.9. The average Bonchev–Trinajstić information content (AvgIpc) is 2.73. The van der Waals surface area contributed by atoms with Gasteiger partial charge in [0.2, 0.25) is 0 Å². The Morgan fingerprint density at radius 1 is 1.10 bits per heavy atom. The van der Waals surface area contributed by atoms with E-state index in [1.807, 2.05) is 30.3 Å². The van der Waals surface area contributed by atoms with Crippen molar-refractivity contribution in [3.63, 3.8) is 0 Å². The van der Waals surface area contributed by atoms with Crippen molar-refractivity contribution in [3.8, 4) is 11.5 Å². The van der Waals surface area contributed by atoms with E-state index >= 15 is 0 Å². The Morgan fingerprint density at radius 2 is 1.72 bits per heavy atom. The number of rotatable bonds is 8. The summed E-state index contributed by atoms with van der Waals surface area (Å²) in [5, 5.41) is 6.93. The zero-order valence-corrected chi connectivity index (χ0v) is 17.2. The summed E-state index contributed by atoms with van der Waals surface area (Å²) >= 11 is 0. The zero-order valence-electron chi connectivity index (χ0n) is 17.2. The van der Waals surface area contributed by atoms with Crippen molar-refractivity contribution in [1.29, 1.82) is 0 Å². The third-order valence-corrected chi connectivity index (χ3v) is 3.72. The van der Waals surface area contributed by atoms with E-state index in [4.69, 9.17) is 20.0 Å². The van der Waals surface area contributed by atoms with Crippen molar-refractivity contribution in [1.82, 2.24) is 0 Å². The average molecular weight is 400 g/mol. The van der Waals surface area contributed by atoms with Crippen LogP contribution in [0, 0.1) is 0 Å². The molecular weight excluding hydrogens is 372 g/mol. The number of hydrogen-bond donors (Lipinski definition) is 3. The number of nitrogens with zero attached hydrogens (tertiary/aromatic N) is 1. The zero-order chi connectivity index (χ0) is 21.6. The van der Waals surface area contributed by atoms with Gasteiger partial charge in [-0.25, -0.2) is 0 Å². The van der Waals surface area contributed by atoms with Gasteiger partial charge in [0.15, 0.2) is 0 Å². The summed E-state index contributed by atoms with van der Waals surface area (Å²) in [5.41, 5.74) is 11.1. The number of carbonyl (C=O) groups excluding carboxylic acids is 2. The summed E-state index contributed by atoms with van der Waals surface area (Å²) in [6, 6.07) is 12.9. The monoisotopic (exact) mass is 400 g/mol. The van der Waals surface area contributed by atoms with Crippen LogP contribution in [0.15, 0.2) is 47.6 Å². The van der Waals surface area contributed by atoms with Gasteiger partial charge in [-0.1, -0.05) is 18.2 Å². The van der Waals surface area contributed by atoms with Crippen LogP contribution in [0.2, 0.25) is 0 Å². The van der Waals surface area contributed by atoms with Gasteiger partial charge in [0.25, 0.3) is 5.91 Å². The molecule has 2 aromatic rings. The highest BCUT2D eigenvalue weighted by molar-refractivity contribution is 6.42. The maximum atomic E-state index is 12.3. The van der Waals surface area contributed by atoms with Gasteiger partial charge in [-0.2, -0.15) is 5.10 Å². The molecule has 2 rings (SSSR count). The normalized spacial score (nSPS) is 10.3.